The van der Waals surface area contributed by atoms with E-state index >= 15 is 0 Å². The molecule has 0 atom stereocenters. The molecule has 2 rings (SSSR count). The average Bonchev–Trinajstić information content (AvgIpc) is 2.37. The molecule has 1 fully saturated rings. The molecule has 1 saturated carbocycles. The number of rotatable bonds is 3. The van der Waals surface area contributed by atoms with Gasteiger partial charge in [-0.15, -0.1) is 0 Å². The quantitative estimate of drug-likeness (QED) is 0.670. The molecule has 0 radical (unpaired) electrons. The Morgan fingerprint density at radius 2 is 1.57 bits per heavy atom. The van der Waals surface area contributed by atoms with E-state index in [0.29, 0.717) is 5.41 Å². The second-order valence-corrected chi connectivity index (χ2v) is 8.79. The molecule has 1 aromatic carbocycles. The van der Waals surface area contributed by atoms with E-state index in [0.717, 1.165) is 18.4 Å². The van der Waals surface area contributed by atoms with Crippen LogP contribution < -0.4 is 5.32 Å². The highest BCUT2D eigenvalue weighted by molar-refractivity contribution is 9.10. The Hall–Kier alpha value is -0.500. The fraction of sp³-hybridized carbons (Fsp3) is 0.684. The molecule has 1 nitrogen and oxygen atoms in total. The molecule has 0 heterocycles. The van der Waals surface area contributed by atoms with Gasteiger partial charge in [0.15, 0.2) is 0 Å². The van der Waals surface area contributed by atoms with Crippen LogP contribution in [-0.4, -0.2) is 6.54 Å². The van der Waals surface area contributed by atoms with Crippen LogP contribution in [0, 0.1) is 31.1 Å². The fourth-order valence-corrected chi connectivity index (χ4v) is 4.36. The Balaban J connectivity index is 1.88. The summed E-state index contributed by atoms with van der Waals surface area (Å²) in [5, 5.41) is 3.71. The van der Waals surface area contributed by atoms with Crippen molar-refractivity contribution >= 4 is 21.6 Å². The van der Waals surface area contributed by atoms with Gasteiger partial charge in [-0.2, -0.15) is 0 Å². The van der Waals surface area contributed by atoms with Crippen molar-refractivity contribution in [3.8, 4) is 0 Å². The lowest BCUT2D eigenvalue weighted by Gasteiger charge is -2.37. The lowest BCUT2D eigenvalue weighted by molar-refractivity contribution is 0.153. The first-order valence-corrected chi connectivity index (χ1v) is 9.07. The summed E-state index contributed by atoms with van der Waals surface area (Å²) in [5.41, 5.74) is 4.49. The third kappa shape index (κ3) is 4.48. The number of hydrogen-bond acceptors (Lipinski definition) is 1. The largest absolute Gasteiger partial charge is 0.384 e. The van der Waals surface area contributed by atoms with E-state index in [2.05, 4.69) is 68.0 Å². The van der Waals surface area contributed by atoms with Gasteiger partial charge in [0.2, 0.25) is 0 Å². The fourth-order valence-electron chi connectivity index (χ4n) is 3.67. The van der Waals surface area contributed by atoms with Crippen LogP contribution in [0.15, 0.2) is 16.6 Å². The molecule has 1 aliphatic carbocycles. The van der Waals surface area contributed by atoms with E-state index in [1.54, 1.807) is 0 Å². The zero-order valence-corrected chi connectivity index (χ0v) is 15.8. The van der Waals surface area contributed by atoms with E-state index < -0.39 is 0 Å². The van der Waals surface area contributed by atoms with Crippen molar-refractivity contribution in [1.29, 1.82) is 0 Å². The van der Waals surface area contributed by atoms with Crippen molar-refractivity contribution in [1.82, 2.24) is 0 Å². The Morgan fingerprint density at radius 1 is 1.05 bits per heavy atom. The van der Waals surface area contributed by atoms with Gasteiger partial charge in [0.1, 0.15) is 0 Å². The Morgan fingerprint density at radius 3 is 2.05 bits per heavy atom. The average molecular weight is 352 g/mol. The minimum absolute atomic E-state index is 0.483. The minimum atomic E-state index is 0.483. The van der Waals surface area contributed by atoms with Crippen LogP contribution in [-0.2, 0) is 0 Å². The van der Waals surface area contributed by atoms with Gasteiger partial charge >= 0.3 is 0 Å². The highest BCUT2D eigenvalue weighted by Crippen LogP contribution is 2.40. The zero-order chi connectivity index (χ0) is 15.6. The lowest BCUT2D eigenvalue weighted by Crippen LogP contribution is -2.28. The maximum Gasteiger partial charge on any atom is 0.0400 e. The van der Waals surface area contributed by atoms with Gasteiger partial charge in [-0.05, 0) is 80.0 Å². The molecule has 0 amide bonds. The SMILES string of the molecule is Cc1cc(Br)cc(C)c1NCC1CCC(C(C)(C)C)CC1. The number of nitrogens with one attached hydrogen (secondary N) is 1. The predicted octanol–water partition coefficient (Wildman–Crippen LogP) is 6.33. The third-order valence-electron chi connectivity index (χ3n) is 5.14. The van der Waals surface area contributed by atoms with E-state index in [1.807, 2.05) is 0 Å². The smallest absolute Gasteiger partial charge is 0.0400 e. The number of aryl methyl sites for hydroxylation is 2. The van der Waals surface area contributed by atoms with Crippen molar-refractivity contribution in [2.75, 3.05) is 11.9 Å². The summed E-state index contributed by atoms with van der Waals surface area (Å²) in [6, 6.07) is 4.40. The summed E-state index contributed by atoms with van der Waals surface area (Å²) < 4.78 is 1.17. The molecule has 0 aromatic heterocycles. The van der Waals surface area contributed by atoms with Gasteiger partial charge in [-0.25, -0.2) is 0 Å². The molecule has 1 aliphatic rings. The van der Waals surface area contributed by atoms with Crippen molar-refractivity contribution in [2.45, 2.75) is 60.3 Å². The molecule has 0 aliphatic heterocycles. The first-order chi connectivity index (χ1) is 9.77. The Bertz CT molecular complexity index is 456. The topological polar surface area (TPSA) is 12.0 Å². The molecule has 0 saturated heterocycles. The zero-order valence-electron chi connectivity index (χ0n) is 14.2. The van der Waals surface area contributed by atoms with Crippen molar-refractivity contribution in [3.63, 3.8) is 0 Å². The summed E-state index contributed by atoms with van der Waals surface area (Å²) in [4.78, 5) is 0. The molecule has 2 heteroatoms. The summed E-state index contributed by atoms with van der Waals surface area (Å²) in [5.74, 6) is 1.75. The van der Waals surface area contributed by atoms with Crippen LogP contribution in [0.25, 0.3) is 0 Å². The normalized spacial score (nSPS) is 23.1. The number of hydrogen-bond donors (Lipinski definition) is 1. The molecular weight excluding hydrogens is 322 g/mol. The van der Waals surface area contributed by atoms with E-state index in [1.165, 1.54) is 47.0 Å². The van der Waals surface area contributed by atoms with Gasteiger partial charge in [0.05, 0.1) is 0 Å². The minimum Gasteiger partial charge on any atom is -0.384 e. The predicted molar refractivity (Wildman–Crippen MR) is 97.0 cm³/mol. The van der Waals surface area contributed by atoms with Gasteiger partial charge < -0.3 is 5.32 Å². The molecule has 0 bridgehead atoms. The maximum atomic E-state index is 3.71. The van der Waals surface area contributed by atoms with Crippen LogP contribution in [0.2, 0.25) is 0 Å². The first-order valence-electron chi connectivity index (χ1n) is 8.28. The second-order valence-electron chi connectivity index (χ2n) is 7.88. The van der Waals surface area contributed by atoms with Gasteiger partial charge in [0, 0.05) is 16.7 Å². The van der Waals surface area contributed by atoms with E-state index in [-0.39, 0.29) is 0 Å². The first kappa shape index (κ1) is 16.9. The summed E-state index contributed by atoms with van der Waals surface area (Å²) >= 11 is 3.57. The highest BCUT2D eigenvalue weighted by Gasteiger charge is 2.29. The summed E-state index contributed by atoms with van der Waals surface area (Å²) in [6.45, 7) is 12.7. The molecule has 1 aromatic rings. The van der Waals surface area contributed by atoms with Gasteiger partial charge in [-0.3, -0.25) is 0 Å². The van der Waals surface area contributed by atoms with Crippen molar-refractivity contribution < 1.29 is 0 Å². The monoisotopic (exact) mass is 351 g/mol. The highest BCUT2D eigenvalue weighted by atomic mass is 79.9. The van der Waals surface area contributed by atoms with E-state index in [4.69, 9.17) is 0 Å². The molecule has 118 valence electrons. The van der Waals surface area contributed by atoms with E-state index in [9.17, 15) is 0 Å². The van der Waals surface area contributed by atoms with Crippen LogP contribution in [0.3, 0.4) is 0 Å². The number of benzene rings is 1. The molecule has 21 heavy (non-hydrogen) atoms. The van der Waals surface area contributed by atoms with Crippen LogP contribution in [0.1, 0.15) is 57.6 Å². The Labute approximate surface area is 139 Å². The molecule has 0 spiro atoms. The van der Waals surface area contributed by atoms with Gasteiger partial charge in [-0.1, -0.05) is 36.7 Å². The van der Waals surface area contributed by atoms with Crippen LogP contribution >= 0.6 is 15.9 Å². The Kier molecular flexibility index (Phi) is 5.40. The van der Waals surface area contributed by atoms with Gasteiger partial charge in [0.25, 0.3) is 0 Å². The molecule has 1 N–H and O–H groups in total. The number of halogens is 1. The van der Waals surface area contributed by atoms with Crippen LogP contribution in [0.4, 0.5) is 5.69 Å². The maximum absolute atomic E-state index is 3.71. The molecular formula is C19H30BrN. The van der Waals surface area contributed by atoms with Crippen molar-refractivity contribution in [2.24, 2.45) is 17.3 Å². The standard InChI is InChI=1S/C19H30BrN/c1-13-10-17(20)11-14(2)18(13)21-12-15-6-8-16(9-7-15)19(3,4)5/h10-11,15-16,21H,6-9,12H2,1-5H3. The lowest BCUT2D eigenvalue weighted by atomic mass is 9.70. The second kappa shape index (κ2) is 6.73. The molecule has 0 unspecified atom stereocenters. The third-order valence-corrected chi connectivity index (χ3v) is 5.59. The van der Waals surface area contributed by atoms with Crippen LogP contribution in [0.5, 0.6) is 0 Å². The van der Waals surface area contributed by atoms with Crippen molar-refractivity contribution in [3.05, 3.63) is 27.7 Å². The summed E-state index contributed by atoms with van der Waals surface area (Å²) in [7, 11) is 0. The summed E-state index contributed by atoms with van der Waals surface area (Å²) in [6.07, 6.45) is 5.55. The number of anilines is 1.